The molecule has 14 heteroatoms. The van der Waals surface area contributed by atoms with Gasteiger partial charge in [-0.1, -0.05) is 45.4 Å². The van der Waals surface area contributed by atoms with Crippen molar-refractivity contribution in [1.29, 1.82) is 0 Å². The van der Waals surface area contributed by atoms with Gasteiger partial charge in [0.2, 0.25) is 17.5 Å². The Balaban J connectivity index is 0.802. The predicted molar refractivity (Wildman–Crippen MR) is 229 cm³/mol. The van der Waals surface area contributed by atoms with E-state index in [4.69, 9.17) is 22.9 Å². The van der Waals surface area contributed by atoms with Gasteiger partial charge >= 0.3 is 0 Å². The van der Waals surface area contributed by atoms with Gasteiger partial charge in [-0.3, -0.25) is 39.1 Å². The third-order valence-corrected chi connectivity index (χ3v) is 13.3. The van der Waals surface area contributed by atoms with Crippen molar-refractivity contribution in [3.63, 3.8) is 0 Å². The molecule has 3 aromatic rings. The minimum Gasteiger partial charge on any atom is -0.489 e. The normalized spacial score (nSPS) is 22.4. The highest BCUT2D eigenvalue weighted by atomic mass is 35.5. The minimum absolute atomic E-state index is 0.0117. The Bertz CT molecular complexity index is 2240. The molecule has 3 aromatic carbocycles. The van der Waals surface area contributed by atoms with E-state index in [-0.39, 0.29) is 35.7 Å². The van der Waals surface area contributed by atoms with Gasteiger partial charge in [0.15, 0.2) is 0 Å². The summed E-state index contributed by atoms with van der Waals surface area (Å²) in [6, 6.07) is 17.6. The van der Waals surface area contributed by atoms with Crippen LogP contribution in [0.4, 0.5) is 17.1 Å². The molecule has 13 nitrogen and oxygen atoms in total. The smallest absolute Gasteiger partial charge is 0.262 e. The summed E-state index contributed by atoms with van der Waals surface area (Å²) in [5.41, 5.74) is 2.99. The Labute approximate surface area is 356 Å². The zero-order chi connectivity index (χ0) is 42.5. The van der Waals surface area contributed by atoms with Gasteiger partial charge in [0.25, 0.3) is 17.7 Å². The maximum Gasteiger partial charge on any atom is 0.262 e. The van der Waals surface area contributed by atoms with Crippen molar-refractivity contribution < 1.29 is 28.7 Å². The van der Waals surface area contributed by atoms with Gasteiger partial charge < -0.3 is 19.4 Å². The number of piperazine rings is 1. The molecule has 0 bridgehead atoms. The Morgan fingerprint density at radius 3 is 2.07 bits per heavy atom. The summed E-state index contributed by atoms with van der Waals surface area (Å²) >= 11 is 6.31. The van der Waals surface area contributed by atoms with E-state index < -0.39 is 29.7 Å². The van der Waals surface area contributed by atoms with Crippen molar-refractivity contribution >= 4 is 58.2 Å². The van der Waals surface area contributed by atoms with Crippen LogP contribution < -0.4 is 19.9 Å². The molecule has 0 radical (unpaired) electrons. The number of piperidine rings is 3. The van der Waals surface area contributed by atoms with Crippen LogP contribution in [-0.4, -0.2) is 115 Å². The highest BCUT2D eigenvalue weighted by Gasteiger charge is 2.50. The number of nitrogens with one attached hydrogen (secondary N) is 1. The molecule has 0 saturated carbocycles. The van der Waals surface area contributed by atoms with Crippen LogP contribution in [0.3, 0.4) is 0 Å². The van der Waals surface area contributed by atoms with Crippen LogP contribution in [0.2, 0.25) is 5.02 Å². The molecule has 60 heavy (non-hydrogen) atoms. The molecular formula is C46H52ClN7O6. The number of benzene rings is 3. The van der Waals surface area contributed by atoms with Crippen molar-refractivity contribution in [2.75, 3.05) is 68.7 Å². The molecule has 1 N–H and O–H groups in total. The Morgan fingerprint density at radius 2 is 1.43 bits per heavy atom. The average molecular weight is 834 g/mol. The third kappa shape index (κ3) is 8.07. The van der Waals surface area contributed by atoms with Crippen molar-refractivity contribution in [2.24, 2.45) is 16.7 Å². The maximum absolute atomic E-state index is 13.9. The van der Waals surface area contributed by atoms with Gasteiger partial charge in [-0.25, -0.2) is 4.85 Å². The molecule has 0 aromatic heterocycles. The molecule has 5 aliphatic heterocycles. The van der Waals surface area contributed by atoms with Crippen LogP contribution in [0.15, 0.2) is 60.7 Å². The second kappa shape index (κ2) is 16.2. The molecule has 0 aliphatic carbocycles. The van der Waals surface area contributed by atoms with Crippen molar-refractivity contribution in [3.05, 3.63) is 93.8 Å². The zero-order valence-electron chi connectivity index (χ0n) is 34.7. The molecular weight excluding hydrogens is 782 g/mol. The largest absolute Gasteiger partial charge is 0.489 e. The Kier molecular flexibility index (Phi) is 11.1. The van der Waals surface area contributed by atoms with E-state index in [1.807, 2.05) is 23.1 Å². The lowest BCUT2D eigenvalue weighted by Gasteiger charge is -2.52. The van der Waals surface area contributed by atoms with Gasteiger partial charge in [0.1, 0.15) is 17.9 Å². The number of hydrogen-bond acceptors (Lipinski definition) is 9. The van der Waals surface area contributed by atoms with Crippen LogP contribution in [-0.2, 0) is 9.59 Å². The summed E-state index contributed by atoms with van der Waals surface area (Å²) in [4.78, 5) is 78.1. The number of fused-ring (bicyclic) bond motifs is 1. The lowest BCUT2D eigenvalue weighted by atomic mass is 9.68. The molecule has 5 amide bonds. The van der Waals surface area contributed by atoms with Gasteiger partial charge in [0.05, 0.1) is 22.7 Å². The van der Waals surface area contributed by atoms with Gasteiger partial charge in [-0.05, 0) is 79.8 Å². The summed E-state index contributed by atoms with van der Waals surface area (Å²) in [5.74, 6) is -0.777. The molecule has 4 saturated heterocycles. The fourth-order valence-electron chi connectivity index (χ4n) is 10.1. The van der Waals surface area contributed by atoms with E-state index in [9.17, 15) is 24.0 Å². The number of ether oxygens (including phenoxy) is 1. The monoisotopic (exact) mass is 833 g/mol. The first-order chi connectivity index (χ1) is 28.6. The van der Waals surface area contributed by atoms with E-state index in [1.165, 1.54) is 0 Å². The number of halogens is 1. The Morgan fingerprint density at radius 1 is 0.800 bits per heavy atom. The second-order valence-electron chi connectivity index (χ2n) is 18.3. The fraction of sp³-hybridized carbons (Fsp3) is 0.478. The number of imide groups is 2. The fourth-order valence-corrected chi connectivity index (χ4v) is 10.3. The number of anilines is 2. The topological polar surface area (TPSA) is 127 Å². The quantitative estimate of drug-likeness (QED) is 0.206. The number of carbonyl (C=O) groups is 5. The average Bonchev–Trinajstić information content (AvgIpc) is 3.47. The van der Waals surface area contributed by atoms with Crippen LogP contribution >= 0.6 is 11.6 Å². The molecule has 4 fully saturated rings. The minimum atomic E-state index is -0.972. The molecule has 314 valence electrons. The lowest BCUT2D eigenvalue weighted by molar-refractivity contribution is -0.136. The number of rotatable bonds is 8. The van der Waals surface area contributed by atoms with E-state index >= 15 is 0 Å². The van der Waals surface area contributed by atoms with Crippen molar-refractivity contribution in [1.82, 2.24) is 20.0 Å². The highest BCUT2D eigenvalue weighted by molar-refractivity contribution is 6.33. The van der Waals surface area contributed by atoms with E-state index in [0.717, 1.165) is 74.9 Å². The van der Waals surface area contributed by atoms with Gasteiger partial charge in [-0.2, -0.15) is 0 Å². The second-order valence-corrected chi connectivity index (χ2v) is 18.7. The predicted octanol–water partition coefficient (Wildman–Crippen LogP) is 6.29. The Hall–Kier alpha value is -5.45. The van der Waals surface area contributed by atoms with Gasteiger partial charge in [-0.15, -0.1) is 0 Å². The van der Waals surface area contributed by atoms with Crippen molar-refractivity contribution in [2.45, 2.75) is 65.5 Å². The number of nitrogens with zero attached hydrogens (tertiary/aromatic N) is 6. The van der Waals surface area contributed by atoms with Crippen molar-refractivity contribution in [3.8, 4) is 5.75 Å². The van der Waals surface area contributed by atoms with Crippen LogP contribution in [0.25, 0.3) is 4.85 Å². The van der Waals surface area contributed by atoms with Crippen LogP contribution in [0.5, 0.6) is 5.75 Å². The van der Waals surface area contributed by atoms with Gasteiger partial charge in [0, 0.05) is 93.1 Å². The number of amides is 5. The lowest BCUT2D eigenvalue weighted by Crippen LogP contribution is -2.61. The maximum atomic E-state index is 13.9. The summed E-state index contributed by atoms with van der Waals surface area (Å²) in [7, 11) is 0. The summed E-state index contributed by atoms with van der Waals surface area (Å²) in [5, 5.41) is 2.61. The molecule has 5 aliphatic rings. The first kappa shape index (κ1) is 41.3. The third-order valence-electron chi connectivity index (χ3n) is 13.0. The number of carbonyl (C=O) groups excluding carboxylic acids is 5. The van der Waals surface area contributed by atoms with E-state index in [1.54, 1.807) is 30.3 Å². The number of likely N-dealkylation sites (tertiary alicyclic amines) is 1. The SMILES string of the molecule is [C-]#[N+]c1ccc(OC2C(C)(C)CN(C(=O)c3ccc(N4CCN(CC5CCN(c6ccc7c(c6)C(=O)N(C6CCC(=O)NC6=O)C7=O)CC5)CC4)cc3)CC2(C)C)cc1Cl. The molecule has 0 spiro atoms. The van der Waals surface area contributed by atoms with E-state index in [0.29, 0.717) is 52.2 Å². The standard InChI is InChI=1S/C46H52ClN7O6/c1-45(2)27-53(28-46(3,4)44(45)60-33-11-13-37(48-5)36(47)25-33)41(57)30-6-8-31(9-7-30)52-22-20-50(21-23-52)26-29-16-18-51(19-17-29)32-10-12-34-35(24-32)43(59)54(42(34)58)38-14-15-39(55)49-40(38)56/h6-13,24-25,29,38,44H,14-23,26-28H2,1-4H3,(H,49,55,56). The zero-order valence-corrected chi connectivity index (χ0v) is 35.5. The summed E-state index contributed by atoms with van der Waals surface area (Å²) in [6.07, 6.45) is 2.09. The first-order valence-electron chi connectivity index (χ1n) is 20.9. The first-order valence-corrected chi connectivity index (χ1v) is 21.3. The van der Waals surface area contributed by atoms with E-state index in [2.05, 4.69) is 64.7 Å². The summed E-state index contributed by atoms with van der Waals surface area (Å²) in [6.45, 7) is 23.4. The summed E-state index contributed by atoms with van der Waals surface area (Å²) < 4.78 is 6.52. The molecule has 8 rings (SSSR count). The molecule has 5 heterocycles. The molecule has 1 atom stereocenters. The van der Waals surface area contributed by atoms with Crippen LogP contribution in [0.1, 0.15) is 84.5 Å². The van der Waals surface area contributed by atoms with Crippen LogP contribution in [0, 0.1) is 23.3 Å². The molecule has 1 unspecified atom stereocenters. The number of hydrogen-bond donors (Lipinski definition) is 1. The highest BCUT2D eigenvalue weighted by Crippen LogP contribution is 2.44.